The minimum absolute atomic E-state index is 0.131. The SMILES string of the molecule is O=S(=O)(O)c1ccccc1-c1ccccn1. The zero-order valence-electron chi connectivity index (χ0n) is 8.24. The van der Waals surface area contributed by atoms with Gasteiger partial charge in [-0.2, -0.15) is 8.42 Å². The van der Waals surface area contributed by atoms with E-state index in [2.05, 4.69) is 4.98 Å². The lowest BCUT2D eigenvalue weighted by Crippen LogP contribution is -2.00. The minimum Gasteiger partial charge on any atom is -0.282 e. The van der Waals surface area contributed by atoms with E-state index in [0.29, 0.717) is 11.3 Å². The van der Waals surface area contributed by atoms with Gasteiger partial charge in [0.15, 0.2) is 0 Å². The molecule has 0 amide bonds. The Kier molecular flexibility index (Phi) is 2.72. The van der Waals surface area contributed by atoms with Gasteiger partial charge in [-0.3, -0.25) is 9.54 Å². The van der Waals surface area contributed by atoms with Crippen LogP contribution in [0.3, 0.4) is 0 Å². The Morgan fingerprint density at radius 2 is 1.69 bits per heavy atom. The van der Waals surface area contributed by atoms with Gasteiger partial charge in [0.2, 0.25) is 0 Å². The first-order chi connectivity index (χ1) is 7.59. The average molecular weight is 235 g/mol. The van der Waals surface area contributed by atoms with E-state index in [9.17, 15) is 8.42 Å². The highest BCUT2D eigenvalue weighted by Crippen LogP contribution is 2.24. The Morgan fingerprint density at radius 1 is 1.00 bits per heavy atom. The topological polar surface area (TPSA) is 67.3 Å². The quantitative estimate of drug-likeness (QED) is 0.808. The minimum atomic E-state index is -4.22. The van der Waals surface area contributed by atoms with Gasteiger partial charge < -0.3 is 0 Å². The fourth-order valence-corrected chi connectivity index (χ4v) is 2.13. The zero-order chi connectivity index (χ0) is 11.6. The maximum absolute atomic E-state index is 11.2. The molecule has 0 unspecified atom stereocenters. The molecule has 82 valence electrons. The highest BCUT2D eigenvalue weighted by Gasteiger charge is 2.15. The average Bonchev–Trinajstić information content (AvgIpc) is 2.29. The molecule has 0 fully saturated rings. The molecule has 5 heteroatoms. The highest BCUT2D eigenvalue weighted by molar-refractivity contribution is 7.86. The van der Waals surface area contributed by atoms with Crippen LogP contribution in [0.5, 0.6) is 0 Å². The van der Waals surface area contributed by atoms with Crippen molar-refractivity contribution >= 4 is 10.1 Å². The number of pyridine rings is 1. The molecule has 0 spiro atoms. The van der Waals surface area contributed by atoms with Crippen molar-refractivity contribution in [3.8, 4) is 11.3 Å². The maximum atomic E-state index is 11.2. The van der Waals surface area contributed by atoms with Gasteiger partial charge in [0, 0.05) is 11.8 Å². The van der Waals surface area contributed by atoms with Gasteiger partial charge in [-0.15, -0.1) is 0 Å². The zero-order valence-corrected chi connectivity index (χ0v) is 9.05. The van der Waals surface area contributed by atoms with E-state index in [0.717, 1.165) is 0 Å². The van der Waals surface area contributed by atoms with Gasteiger partial charge in [0.25, 0.3) is 10.1 Å². The van der Waals surface area contributed by atoms with Crippen LogP contribution in [0.15, 0.2) is 53.6 Å². The van der Waals surface area contributed by atoms with Crippen LogP contribution < -0.4 is 0 Å². The molecule has 0 aliphatic rings. The number of aromatic nitrogens is 1. The van der Waals surface area contributed by atoms with Crippen molar-refractivity contribution in [1.82, 2.24) is 4.98 Å². The predicted molar refractivity (Wildman–Crippen MR) is 59.5 cm³/mol. The molecule has 0 aliphatic carbocycles. The fourth-order valence-electron chi connectivity index (χ4n) is 1.43. The summed E-state index contributed by atoms with van der Waals surface area (Å²) in [6, 6.07) is 11.4. The van der Waals surface area contributed by atoms with Crippen LogP contribution >= 0.6 is 0 Å². The lowest BCUT2D eigenvalue weighted by molar-refractivity contribution is 0.483. The smallest absolute Gasteiger partial charge is 0.282 e. The number of hydrogen-bond acceptors (Lipinski definition) is 3. The summed E-state index contributed by atoms with van der Waals surface area (Å²) >= 11 is 0. The summed E-state index contributed by atoms with van der Waals surface area (Å²) in [4.78, 5) is 3.92. The van der Waals surface area contributed by atoms with E-state index in [-0.39, 0.29) is 4.90 Å². The van der Waals surface area contributed by atoms with Crippen molar-refractivity contribution in [2.75, 3.05) is 0 Å². The molecular weight excluding hydrogens is 226 g/mol. The Labute approximate surface area is 93.3 Å². The van der Waals surface area contributed by atoms with Crippen LogP contribution in [0, 0.1) is 0 Å². The lowest BCUT2D eigenvalue weighted by Gasteiger charge is -2.05. The van der Waals surface area contributed by atoms with Crippen LogP contribution in [-0.2, 0) is 10.1 Å². The van der Waals surface area contributed by atoms with Crippen molar-refractivity contribution in [3.63, 3.8) is 0 Å². The first-order valence-corrected chi connectivity index (χ1v) is 6.01. The van der Waals surface area contributed by atoms with Crippen LogP contribution in [0.2, 0.25) is 0 Å². The number of benzene rings is 1. The van der Waals surface area contributed by atoms with E-state index >= 15 is 0 Å². The fraction of sp³-hybridized carbons (Fsp3) is 0. The highest BCUT2D eigenvalue weighted by atomic mass is 32.2. The molecule has 1 aromatic carbocycles. The van der Waals surface area contributed by atoms with Crippen LogP contribution in [0.25, 0.3) is 11.3 Å². The molecule has 0 radical (unpaired) electrons. The third-order valence-electron chi connectivity index (χ3n) is 2.11. The van der Waals surface area contributed by atoms with Gasteiger partial charge in [0.05, 0.1) is 5.69 Å². The van der Waals surface area contributed by atoms with E-state index in [1.165, 1.54) is 6.07 Å². The van der Waals surface area contributed by atoms with Crippen molar-refractivity contribution in [1.29, 1.82) is 0 Å². The number of nitrogens with zero attached hydrogens (tertiary/aromatic N) is 1. The molecule has 2 rings (SSSR count). The maximum Gasteiger partial charge on any atom is 0.295 e. The Bertz CT molecular complexity index is 594. The predicted octanol–water partition coefficient (Wildman–Crippen LogP) is 2.00. The summed E-state index contributed by atoms with van der Waals surface area (Å²) in [7, 11) is -4.22. The molecule has 16 heavy (non-hydrogen) atoms. The van der Waals surface area contributed by atoms with Crippen LogP contribution in [-0.4, -0.2) is 18.0 Å². The summed E-state index contributed by atoms with van der Waals surface area (Å²) in [5.41, 5.74) is 0.904. The molecule has 2 aromatic rings. The second-order valence-corrected chi connectivity index (χ2v) is 4.58. The summed E-state index contributed by atoms with van der Waals surface area (Å²) in [5, 5.41) is 0. The number of rotatable bonds is 2. The van der Waals surface area contributed by atoms with Crippen LogP contribution in [0.1, 0.15) is 0 Å². The van der Waals surface area contributed by atoms with Crippen molar-refractivity contribution in [2.24, 2.45) is 0 Å². The van der Waals surface area contributed by atoms with E-state index in [1.807, 2.05) is 0 Å². The van der Waals surface area contributed by atoms with Gasteiger partial charge in [-0.25, -0.2) is 0 Å². The first-order valence-electron chi connectivity index (χ1n) is 4.57. The summed E-state index contributed by atoms with van der Waals surface area (Å²) in [6.07, 6.45) is 1.57. The van der Waals surface area contributed by atoms with Crippen molar-refractivity contribution < 1.29 is 13.0 Å². The first kappa shape index (κ1) is 10.8. The standard InChI is InChI=1S/C11H9NO3S/c13-16(14,15)11-7-2-1-5-9(11)10-6-3-4-8-12-10/h1-8H,(H,13,14,15). The molecule has 0 atom stereocenters. The second-order valence-electron chi connectivity index (χ2n) is 3.19. The van der Waals surface area contributed by atoms with Crippen molar-refractivity contribution in [3.05, 3.63) is 48.7 Å². The normalized spacial score (nSPS) is 11.3. The monoisotopic (exact) mass is 235 g/mol. The van der Waals surface area contributed by atoms with Gasteiger partial charge in [0.1, 0.15) is 4.90 Å². The molecule has 0 saturated carbocycles. The molecule has 0 bridgehead atoms. The van der Waals surface area contributed by atoms with Crippen molar-refractivity contribution in [2.45, 2.75) is 4.90 Å². The Balaban J connectivity index is 2.68. The van der Waals surface area contributed by atoms with Gasteiger partial charge >= 0.3 is 0 Å². The Hall–Kier alpha value is -1.72. The summed E-state index contributed by atoms with van der Waals surface area (Å²) in [5.74, 6) is 0. The number of hydrogen-bond donors (Lipinski definition) is 1. The molecule has 0 aliphatic heterocycles. The Morgan fingerprint density at radius 3 is 2.31 bits per heavy atom. The third-order valence-corrected chi connectivity index (χ3v) is 3.02. The lowest BCUT2D eigenvalue weighted by atomic mass is 10.1. The molecule has 0 saturated heterocycles. The molecule has 1 aromatic heterocycles. The second kappa shape index (κ2) is 4.03. The van der Waals surface area contributed by atoms with E-state index in [1.54, 1.807) is 42.6 Å². The van der Waals surface area contributed by atoms with Gasteiger partial charge in [-0.05, 0) is 18.2 Å². The molecule has 4 nitrogen and oxygen atoms in total. The van der Waals surface area contributed by atoms with Gasteiger partial charge in [-0.1, -0.05) is 24.3 Å². The summed E-state index contributed by atoms with van der Waals surface area (Å²) in [6.45, 7) is 0. The van der Waals surface area contributed by atoms with E-state index in [4.69, 9.17) is 4.55 Å². The summed E-state index contributed by atoms with van der Waals surface area (Å²) < 4.78 is 31.4. The molecule has 1 heterocycles. The largest absolute Gasteiger partial charge is 0.295 e. The molecular formula is C11H9NO3S. The third kappa shape index (κ3) is 2.10. The van der Waals surface area contributed by atoms with Crippen LogP contribution in [0.4, 0.5) is 0 Å². The molecule has 1 N–H and O–H groups in total. The van der Waals surface area contributed by atoms with E-state index < -0.39 is 10.1 Å².